The lowest BCUT2D eigenvalue weighted by Crippen LogP contribution is -2.30. The van der Waals surface area contributed by atoms with Crippen LogP contribution in [-0.2, 0) is 26.8 Å². The second kappa shape index (κ2) is 6.38. The van der Waals surface area contributed by atoms with Gasteiger partial charge >= 0.3 is 0 Å². The largest absolute Gasteiger partial charge is 0.344 e. The fourth-order valence-electron chi connectivity index (χ4n) is 1.55. The van der Waals surface area contributed by atoms with Gasteiger partial charge in [0, 0.05) is 36.9 Å². The molecular weight excluding hydrogens is 290 g/mol. The fraction of sp³-hybridized carbons (Fsp3) is 0.636. The number of hydrogen-bond donors (Lipinski definition) is 0. The highest BCUT2D eigenvalue weighted by Gasteiger charge is 2.19. The number of carbonyl (C=O) groups excluding carboxylic acids is 1. The molecule has 0 spiro atoms. The number of hydrogen-bond acceptors (Lipinski definition) is 4. The Morgan fingerprint density at radius 3 is 2.58 bits per heavy atom. The maximum atomic E-state index is 11.9. The number of carbonyl (C=O) groups is 1. The van der Waals surface area contributed by atoms with E-state index in [0.717, 1.165) is 6.42 Å². The van der Waals surface area contributed by atoms with E-state index in [-0.39, 0.29) is 17.5 Å². The first-order valence-electron chi connectivity index (χ1n) is 6.04. The first-order chi connectivity index (χ1) is 8.79. The van der Waals surface area contributed by atoms with Crippen LogP contribution >= 0.6 is 10.7 Å². The predicted octanol–water partition coefficient (Wildman–Crippen LogP) is 1.24. The predicted molar refractivity (Wildman–Crippen MR) is 72.6 cm³/mol. The maximum Gasteiger partial charge on any atom is 0.280 e. The van der Waals surface area contributed by atoms with Gasteiger partial charge in [-0.05, 0) is 13.3 Å². The van der Waals surface area contributed by atoms with Crippen molar-refractivity contribution >= 4 is 25.6 Å². The van der Waals surface area contributed by atoms with Crippen LogP contribution in [-0.4, -0.2) is 42.4 Å². The summed E-state index contributed by atoms with van der Waals surface area (Å²) >= 11 is 0. The van der Waals surface area contributed by atoms with E-state index >= 15 is 0 Å². The van der Waals surface area contributed by atoms with Gasteiger partial charge in [-0.15, -0.1) is 0 Å². The van der Waals surface area contributed by atoms with E-state index in [1.54, 1.807) is 16.5 Å². The molecule has 1 rings (SSSR count). The van der Waals surface area contributed by atoms with Crippen LogP contribution in [0.5, 0.6) is 0 Å². The Labute approximate surface area is 117 Å². The normalized spacial score (nSPS) is 11.6. The third-order valence-corrected chi connectivity index (χ3v) is 3.94. The summed E-state index contributed by atoms with van der Waals surface area (Å²) in [7, 11) is 3.09. The number of likely N-dealkylation sites (N-methyl/N-ethyl adjacent to an activating group) is 1. The van der Waals surface area contributed by atoms with Crippen molar-refractivity contribution in [3.63, 3.8) is 0 Å². The molecule has 1 aromatic heterocycles. The Morgan fingerprint density at radius 2 is 2.11 bits per heavy atom. The van der Waals surface area contributed by atoms with Gasteiger partial charge in [-0.2, -0.15) is 0 Å². The van der Waals surface area contributed by atoms with Gasteiger partial charge < -0.3 is 9.47 Å². The van der Waals surface area contributed by atoms with Gasteiger partial charge in [0.2, 0.25) is 5.91 Å². The monoisotopic (exact) mass is 307 g/mol. The summed E-state index contributed by atoms with van der Waals surface area (Å²) in [5, 5.41) is -0.204. The summed E-state index contributed by atoms with van der Waals surface area (Å²) in [6.07, 6.45) is 2.71. The van der Waals surface area contributed by atoms with E-state index in [1.165, 1.54) is 6.20 Å². The van der Waals surface area contributed by atoms with Gasteiger partial charge in [0.1, 0.15) is 12.4 Å². The first kappa shape index (κ1) is 16.0. The SMILES string of the molecule is CCCc1nc(S(=O)(=O)Cl)cn1CC(=O)N(C)CC. The minimum Gasteiger partial charge on any atom is -0.344 e. The zero-order valence-corrected chi connectivity index (χ0v) is 12.8. The van der Waals surface area contributed by atoms with Gasteiger partial charge in [0.05, 0.1) is 0 Å². The van der Waals surface area contributed by atoms with Crippen LogP contribution in [0.25, 0.3) is 0 Å². The molecule has 0 aromatic carbocycles. The van der Waals surface area contributed by atoms with E-state index in [2.05, 4.69) is 4.98 Å². The van der Waals surface area contributed by atoms with Crippen molar-refractivity contribution < 1.29 is 13.2 Å². The average Bonchev–Trinajstić information content (AvgIpc) is 2.71. The molecule has 6 nitrogen and oxygen atoms in total. The standard InChI is InChI=1S/C11H18ClN3O3S/c1-4-6-9-13-10(19(12,17)18)7-15(9)8-11(16)14(3)5-2/h7H,4-6,8H2,1-3H3. The van der Waals surface area contributed by atoms with Crippen molar-refractivity contribution in [3.8, 4) is 0 Å². The Hall–Kier alpha value is -1.08. The van der Waals surface area contributed by atoms with E-state index in [4.69, 9.17) is 10.7 Å². The number of rotatable bonds is 6. The number of halogens is 1. The van der Waals surface area contributed by atoms with Crippen LogP contribution < -0.4 is 0 Å². The summed E-state index contributed by atoms with van der Waals surface area (Å²) in [6.45, 7) is 4.48. The molecule has 1 heterocycles. The highest BCUT2D eigenvalue weighted by molar-refractivity contribution is 8.13. The number of amides is 1. The van der Waals surface area contributed by atoms with E-state index in [1.807, 2.05) is 13.8 Å². The molecule has 0 atom stereocenters. The number of imidazole rings is 1. The molecule has 1 amide bonds. The molecule has 108 valence electrons. The van der Waals surface area contributed by atoms with Gasteiger partial charge in [-0.1, -0.05) is 6.92 Å². The average molecular weight is 308 g/mol. The lowest BCUT2D eigenvalue weighted by Gasteiger charge is -2.15. The number of nitrogens with zero attached hydrogens (tertiary/aromatic N) is 3. The van der Waals surface area contributed by atoms with Crippen molar-refractivity contribution in [1.29, 1.82) is 0 Å². The van der Waals surface area contributed by atoms with Gasteiger partial charge in [-0.3, -0.25) is 4.79 Å². The third kappa shape index (κ3) is 4.21. The summed E-state index contributed by atoms with van der Waals surface area (Å²) in [6, 6.07) is 0. The Kier molecular flexibility index (Phi) is 5.37. The van der Waals surface area contributed by atoms with Crippen LogP contribution in [0.3, 0.4) is 0 Å². The van der Waals surface area contributed by atoms with Crippen molar-refractivity contribution in [2.24, 2.45) is 0 Å². The Morgan fingerprint density at radius 1 is 1.47 bits per heavy atom. The smallest absolute Gasteiger partial charge is 0.280 e. The van der Waals surface area contributed by atoms with Crippen LogP contribution in [0.15, 0.2) is 11.2 Å². The minimum atomic E-state index is -3.87. The van der Waals surface area contributed by atoms with Crippen LogP contribution in [0.1, 0.15) is 26.1 Å². The summed E-state index contributed by atoms with van der Waals surface area (Å²) in [5.41, 5.74) is 0. The molecule has 19 heavy (non-hydrogen) atoms. The van der Waals surface area contributed by atoms with Gasteiger partial charge in [0.25, 0.3) is 9.05 Å². The summed E-state index contributed by atoms with van der Waals surface area (Å²) in [4.78, 5) is 17.4. The molecular formula is C11H18ClN3O3S. The minimum absolute atomic E-state index is 0.0685. The summed E-state index contributed by atoms with van der Waals surface area (Å²) < 4.78 is 24.1. The quantitative estimate of drug-likeness (QED) is 0.741. The van der Waals surface area contributed by atoms with E-state index in [9.17, 15) is 13.2 Å². The third-order valence-electron chi connectivity index (χ3n) is 2.77. The molecule has 0 aliphatic heterocycles. The van der Waals surface area contributed by atoms with E-state index in [0.29, 0.717) is 18.8 Å². The fourth-order valence-corrected chi connectivity index (χ4v) is 2.24. The van der Waals surface area contributed by atoms with Crippen LogP contribution in [0.2, 0.25) is 0 Å². The van der Waals surface area contributed by atoms with Gasteiger partial charge in [-0.25, -0.2) is 13.4 Å². The zero-order valence-electron chi connectivity index (χ0n) is 11.3. The topological polar surface area (TPSA) is 72.3 Å². The molecule has 0 aliphatic carbocycles. The Bertz CT molecular complexity index is 554. The molecule has 1 aromatic rings. The molecule has 0 radical (unpaired) electrons. The maximum absolute atomic E-state index is 11.9. The highest BCUT2D eigenvalue weighted by atomic mass is 35.7. The lowest BCUT2D eigenvalue weighted by atomic mass is 10.3. The lowest BCUT2D eigenvalue weighted by molar-refractivity contribution is -0.130. The molecule has 0 unspecified atom stereocenters. The number of aromatic nitrogens is 2. The van der Waals surface area contributed by atoms with Crippen molar-refractivity contribution in [2.45, 2.75) is 38.3 Å². The number of aryl methyl sites for hydroxylation is 1. The highest BCUT2D eigenvalue weighted by Crippen LogP contribution is 2.15. The second-order valence-electron chi connectivity index (χ2n) is 4.22. The molecule has 0 N–H and O–H groups in total. The molecule has 0 fully saturated rings. The van der Waals surface area contributed by atoms with Crippen molar-refractivity contribution in [3.05, 3.63) is 12.0 Å². The van der Waals surface area contributed by atoms with Crippen LogP contribution in [0.4, 0.5) is 0 Å². The molecule has 8 heteroatoms. The second-order valence-corrected chi connectivity index (χ2v) is 6.73. The van der Waals surface area contributed by atoms with E-state index < -0.39 is 9.05 Å². The first-order valence-corrected chi connectivity index (χ1v) is 8.35. The molecule has 0 saturated heterocycles. The van der Waals surface area contributed by atoms with Crippen molar-refractivity contribution in [2.75, 3.05) is 13.6 Å². The molecule has 0 bridgehead atoms. The zero-order chi connectivity index (χ0) is 14.6. The molecule has 0 saturated carbocycles. The molecule has 0 aliphatic rings. The summed E-state index contributed by atoms with van der Waals surface area (Å²) in [5.74, 6) is 0.454. The van der Waals surface area contributed by atoms with Gasteiger partial charge in [0.15, 0.2) is 5.03 Å². The van der Waals surface area contributed by atoms with Crippen molar-refractivity contribution in [1.82, 2.24) is 14.5 Å². The van der Waals surface area contributed by atoms with Crippen LogP contribution in [0, 0.1) is 0 Å². The Balaban J connectivity index is 3.05.